The number of hydrogen-bond acceptors (Lipinski definition) is 2. The van der Waals surface area contributed by atoms with E-state index in [-0.39, 0.29) is 11.8 Å². The van der Waals surface area contributed by atoms with E-state index in [2.05, 4.69) is 11.8 Å². The fourth-order valence-corrected chi connectivity index (χ4v) is 1.76. The van der Waals surface area contributed by atoms with E-state index >= 15 is 0 Å². The molecule has 1 amide bonds. The van der Waals surface area contributed by atoms with Crippen LogP contribution in [0.3, 0.4) is 0 Å². The van der Waals surface area contributed by atoms with Crippen LogP contribution in [0.4, 0.5) is 0 Å². The Kier molecular flexibility index (Phi) is 5.96. The Morgan fingerprint density at radius 1 is 1.39 bits per heavy atom. The second kappa shape index (κ2) is 7.52. The zero-order valence-electron chi connectivity index (χ0n) is 10.8. The van der Waals surface area contributed by atoms with Crippen molar-refractivity contribution in [2.75, 3.05) is 6.54 Å². The zero-order valence-corrected chi connectivity index (χ0v) is 10.8. The number of rotatable bonds is 5. The van der Waals surface area contributed by atoms with Gasteiger partial charge in [0.15, 0.2) is 0 Å². The Morgan fingerprint density at radius 3 is 2.78 bits per heavy atom. The lowest BCUT2D eigenvalue weighted by Gasteiger charge is -2.08. The number of hydrogen-bond donors (Lipinski definition) is 2. The maximum absolute atomic E-state index is 11.1. The third-order valence-corrected chi connectivity index (χ3v) is 2.79. The maximum atomic E-state index is 11.1. The summed E-state index contributed by atoms with van der Waals surface area (Å²) < 4.78 is 0. The van der Waals surface area contributed by atoms with Gasteiger partial charge in [-0.15, -0.1) is 0 Å². The summed E-state index contributed by atoms with van der Waals surface area (Å²) >= 11 is 0. The molecule has 0 saturated heterocycles. The number of amides is 1. The Bertz CT molecular complexity index is 457. The number of nitrogens with two attached hydrogens (primary N) is 2. The van der Waals surface area contributed by atoms with E-state index in [4.69, 9.17) is 11.5 Å². The Morgan fingerprint density at radius 2 is 2.17 bits per heavy atom. The van der Waals surface area contributed by atoms with Crippen LogP contribution in [0, 0.1) is 24.7 Å². The lowest BCUT2D eigenvalue weighted by atomic mass is 9.99. The van der Waals surface area contributed by atoms with E-state index in [1.165, 1.54) is 5.56 Å². The molecule has 0 heterocycles. The van der Waals surface area contributed by atoms with Crippen molar-refractivity contribution in [3.8, 4) is 11.8 Å². The molecule has 0 fully saturated rings. The monoisotopic (exact) mass is 244 g/mol. The largest absolute Gasteiger partial charge is 0.369 e. The van der Waals surface area contributed by atoms with Crippen LogP contribution in [0.15, 0.2) is 24.3 Å². The third kappa shape index (κ3) is 5.03. The van der Waals surface area contributed by atoms with E-state index in [9.17, 15) is 4.79 Å². The molecule has 0 bridgehead atoms. The van der Waals surface area contributed by atoms with Gasteiger partial charge in [0, 0.05) is 17.9 Å². The third-order valence-electron chi connectivity index (χ3n) is 2.79. The molecule has 0 aliphatic carbocycles. The summed E-state index contributed by atoms with van der Waals surface area (Å²) in [5.41, 5.74) is 12.9. The van der Waals surface area contributed by atoms with Crippen molar-refractivity contribution in [1.82, 2.24) is 0 Å². The van der Waals surface area contributed by atoms with Crippen LogP contribution in [0.2, 0.25) is 0 Å². The Hall–Kier alpha value is -1.79. The summed E-state index contributed by atoms with van der Waals surface area (Å²) in [7, 11) is 0. The van der Waals surface area contributed by atoms with Crippen LogP contribution >= 0.6 is 0 Å². The number of carbonyl (C=O) groups excluding carboxylic acids is 1. The van der Waals surface area contributed by atoms with Gasteiger partial charge in [0.25, 0.3) is 0 Å². The molecule has 0 radical (unpaired) electrons. The van der Waals surface area contributed by atoms with Gasteiger partial charge in [0.05, 0.1) is 0 Å². The molecule has 0 aliphatic heterocycles. The second-order valence-corrected chi connectivity index (χ2v) is 4.39. The first kappa shape index (κ1) is 14.3. The normalized spacial score (nSPS) is 11.4. The minimum atomic E-state index is -0.280. The molecule has 1 unspecified atom stereocenters. The first-order chi connectivity index (χ1) is 8.63. The average molecular weight is 244 g/mol. The molecule has 1 rings (SSSR count). The molecular weight excluding hydrogens is 224 g/mol. The predicted octanol–water partition coefficient (Wildman–Crippen LogP) is 1.58. The van der Waals surface area contributed by atoms with E-state index in [0.29, 0.717) is 25.8 Å². The summed E-state index contributed by atoms with van der Waals surface area (Å²) in [6.45, 7) is 2.52. The molecular formula is C15H20N2O. The van der Waals surface area contributed by atoms with Crippen molar-refractivity contribution < 1.29 is 4.79 Å². The highest BCUT2D eigenvalue weighted by molar-refractivity contribution is 5.76. The number of aryl methyl sites for hydroxylation is 1. The number of benzene rings is 1. The van der Waals surface area contributed by atoms with Crippen molar-refractivity contribution in [3.63, 3.8) is 0 Å². The first-order valence-electron chi connectivity index (χ1n) is 6.18. The van der Waals surface area contributed by atoms with Crippen molar-refractivity contribution in [2.45, 2.75) is 26.2 Å². The van der Waals surface area contributed by atoms with Gasteiger partial charge in [0.1, 0.15) is 0 Å². The molecule has 18 heavy (non-hydrogen) atoms. The van der Waals surface area contributed by atoms with Crippen molar-refractivity contribution >= 4 is 5.91 Å². The quantitative estimate of drug-likeness (QED) is 0.772. The molecule has 0 saturated carbocycles. The summed E-state index contributed by atoms with van der Waals surface area (Å²) in [5.74, 6) is 5.73. The van der Waals surface area contributed by atoms with Gasteiger partial charge in [0.2, 0.25) is 5.91 Å². The second-order valence-electron chi connectivity index (χ2n) is 4.39. The van der Waals surface area contributed by atoms with E-state index in [0.717, 1.165) is 5.56 Å². The van der Waals surface area contributed by atoms with Crippen molar-refractivity contribution in [3.05, 3.63) is 35.4 Å². The molecule has 0 spiro atoms. The lowest BCUT2D eigenvalue weighted by molar-refractivity contribution is -0.122. The summed E-state index contributed by atoms with van der Waals surface area (Å²) in [6, 6.07) is 8.04. The fraction of sp³-hybridized carbons (Fsp3) is 0.400. The first-order valence-corrected chi connectivity index (χ1v) is 6.18. The van der Waals surface area contributed by atoms with Gasteiger partial charge in [-0.05, 0) is 44.0 Å². The summed E-state index contributed by atoms with van der Waals surface area (Å²) in [5, 5.41) is 0. The van der Waals surface area contributed by atoms with Crippen LogP contribution in [0.25, 0.3) is 0 Å². The highest BCUT2D eigenvalue weighted by Crippen LogP contribution is 2.09. The highest BCUT2D eigenvalue weighted by Gasteiger charge is 2.12. The van der Waals surface area contributed by atoms with Crippen LogP contribution in [0.1, 0.15) is 30.4 Å². The maximum Gasteiger partial charge on any atom is 0.220 e. The molecule has 0 aliphatic rings. The predicted molar refractivity (Wildman–Crippen MR) is 73.6 cm³/mol. The molecule has 1 aromatic rings. The molecule has 0 aromatic heterocycles. The molecule has 1 atom stereocenters. The van der Waals surface area contributed by atoms with Crippen LogP contribution in [0.5, 0.6) is 0 Å². The van der Waals surface area contributed by atoms with Crippen molar-refractivity contribution in [2.24, 2.45) is 17.4 Å². The summed E-state index contributed by atoms with van der Waals surface area (Å²) in [6.07, 6.45) is 1.99. The summed E-state index contributed by atoms with van der Waals surface area (Å²) in [4.78, 5) is 11.1. The van der Waals surface area contributed by atoms with Gasteiger partial charge in [-0.1, -0.05) is 24.0 Å². The molecule has 4 N–H and O–H groups in total. The minimum absolute atomic E-state index is 0.151. The van der Waals surface area contributed by atoms with Gasteiger partial charge in [-0.3, -0.25) is 4.79 Å². The number of primary amides is 1. The van der Waals surface area contributed by atoms with E-state index in [1.54, 1.807) is 0 Å². The van der Waals surface area contributed by atoms with Gasteiger partial charge < -0.3 is 11.5 Å². The highest BCUT2D eigenvalue weighted by atomic mass is 16.1. The fourth-order valence-electron chi connectivity index (χ4n) is 1.76. The topological polar surface area (TPSA) is 69.1 Å². The molecule has 1 aromatic carbocycles. The molecule has 3 nitrogen and oxygen atoms in total. The van der Waals surface area contributed by atoms with Crippen molar-refractivity contribution in [1.29, 1.82) is 0 Å². The molecule has 96 valence electrons. The zero-order chi connectivity index (χ0) is 13.4. The van der Waals surface area contributed by atoms with E-state index in [1.807, 2.05) is 31.2 Å². The van der Waals surface area contributed by atoms with Gasteiger partial charge in [-0.25, -0.2) is 0 Å². The van der Waals surface area contributed by atoms with Crippen LogP contribution in [-0.4, -0.2) is 12.5 Å². The van der Waals surface area contributed by atoms with Crippen LogP contribution < -0.4 is 11.5 Å². The average Bonchev–Trinajstić information content (AvgIpc) is 2.33. The Labute approximate surface area is 109 Å². The van der Waals surface area contributed by atoms with Gasteiger partial charge in [-0.2, -0.15) is 0 Å². The van der Waals surface area contributed by atoms with Crippen LogP contribution in [-0.2, 0) is 4.79 Å². The minimum Gasteiger partial charge on any atom is -0.369 e. The number of carbonyl (C=O) groups is 1. The SMILES string of the molecule is Cc1cccc(C#CCCC(CCN)C(N)=O)c1. The standard InChI is InChI=1S/C15H20N2O/c1-12-5-4-7-13(11-12)6-2-3-8-14(9-10-16)15(17)18/h4-5,7,11,14H,3,8-10,16H2,1H3,(H2,17,18). The van der Waals surface area contributed by atoms with Gasteiger partial charge >= 0.3 is 0 Å². The van der Waals surface area contributed by atoms with E-state index < -0.39 is 0 Å². The smallest absolute Gasteiger partial charge is 0.220 e. The Balaban J connectivity index is 2.48. The molecule has 3 heteroatoms. The lowest BCUT2D eigenvalue weighted by Crippen LogP contribution is -2.25.